The van der Waals surface area contributed by atoms with Crippen molar-refractivity contribution in [2.24, 2.45) is 11.7 Å². The lowest BCUT2D eigenvalue weighted by Crippen LogP contribution is -2.26. The van der Waals surface area contributed by atoms with Crippen LogP contribution in [0.1, 0.15) is 13.3 Å². The summed E-state index contributed by atoms with van der Waals surface area (Å²) < 4.78 is 0. The molecule has 0 aromatic rings. The van der Waals surface area contributed by atoms with E-state index in [0.717, 1.165) is 13.1 Å². The molecule has 1 unspecified atom stereocenters. The van der Waals surface area contributed by atoms with Gasteiger partial charge in [0.25, 0.3) is 0 Å². The van der Waals surface area contributed by atoms with E-state index in [9.17, 15) is 0 Å². The number of nitrogens with one attached hydrogen (secondary N) is 1. The summed E-state index contributed by atoms with van der Waals surface area (Å²) in [6.07, 6.45) is 0.581. The van der Waals surface area contributed by atoms with E-state index in [1.165, 1.54) is 0 Å². The quantitative estimate of drug-likeness (QED) is 0.533. The Labute approximate surface area is 62.2 Å². The number of nitrogens with two attached hydrogens (primary N) is 1. The third-order valence-corrected chi connectivity index (χ3v) is 1.31. The number of hydrogen-bond donors (Lipinski definition) is 2. The van der Waals surface area contributed by atoms with Crippen molar-refractivity contribution in [3.05, 3.63) is 0 Å². The van der Waals surface area contributed by atoms with E-state index in [-0.39, 0.29) is 0 Å². The van der Waals surface area contributed by atoms with Crippen LogP contribution in [0.25, 0.3) is 0 Å². The first-order valence-electron chi connectivity index (χ1n) is 3.59. The maximum Gasteiger partial charge on any atom is 0.0635 e. The van der Waals surface area contributed by atoms with Crippen molar-refractivity contribution in [3.8, 4) is 6.07 Å². The highest BCUT2D eigenvalue weighted by molar-refractivity contribution is 4.70. The second-order valence-corrected chi connectivity index (χ2v) is 2.45. The first-order valence-corrected chi connectivity index (χ1v) is 3.59. The molecule has 0 heterocycles. The van der Waals surface area contributed by atoms with Crippen molar-refractivity contribution in [1.29, 1.82) is 5.26 Å². The highest BCUT2D eigenvalue weighted by atomic mass is 14.9. The van der Waals surface area contributed by atoms with E-state index in [0.29, 0.717) is 18.9 Å². The molecule has 0 aliphatic heterocycles. The molecule has 0 aromatic carbocycles. The lowest BCUT2D eigenvalue weighted by Gasteiger charge is -2.07. The number of nitriles is 1. The van der Waals surface area contributed by atoms with Crippen LogP contribution in [0, 0.1) is 17.2 Å². The van der Waals surface area contributed by atoms with Crippen LogP contribution in [0.15, 0.2) is 0 Å². The Kier molecular flexibility index (Phi) is 6.14. The Bertz CT molecular complexity index is 106. The standard InChI is InChI=1S/C7H15N3/c1-7(5-9)6-10-4-2-3-8/h7,10H,2,4-6,9H2,1H3. The average Bonchev–Trinajstić information content (AvgIpc) is 1.98. The summed E-state index contributed by atoms with van der Waals surface area (Å²) >= 11 is 0. The molecule has 3 heteroatoms. The molecule has 0 aliphatic rings. The van der Waals surface area contributed by atoms with Gasteiger partial charge in [0.1, 0.15) is 0 Å². The van der Waals surface area contributed by atoms with Gasteiger partial charge in [0, 0.05) is 13.0 Å². The van der Waals surface area contributed by atoms with E-state index < -0.39 is 0 Å². The number of rotatable bonds is 5. The monoisotopic (exact) mass is 141 g/mol. The van der Waals surface area contributed by atoms with Gasteiger partial charge in [-0.2, -0.15) is 5.26 Å². The molecular weight excluding hydrogens is 126 g/mol. The van der Waals surface area contributed by atoms with E-state index >= 15 is 0 Å². The lowest BCUT2D eigenvalue weighted by atomic mass is 10.2. The van der Waals surface area contributed by atoms with Gasteiger partial charge in [-0.3, -0.25) is 0 Å². The first kappa shape index (κ1) is 9.41. The Morgan fingerprint density at radius 2 is 2.40 bits per heavy atom. The molecule has 3 N–H and O–H groups in total. The molecule has 0 saturated heterocycles. The molecule has 0 rings (SSSR count). The summed E-state index contributed by atoms with van der Waals surface area (Å²) in [7, 11) is 0. The Balaban J connectivity index is 2.98. The van der Waals surface area contributed by atoms with Crippen LogP contribution in [-0.4, -0.2) is 19.6 Å². The second-order valence-electron chi connectivity index (χ2n) is 2.45. The fourth-order valence-corrected chi connectivity index (χ4v) is 0.576. The Hall–Kier alpha value is -0.590. The van der Waals surface area contributed by atoms with Gasteiger partial charge in [0.2, 0.25) is 0 Å². The molecule has 0 bridgehead atoms. The maximum atomic E-state index is 8.17. The molecule has 0 radical (unpaired) electrons. The zero-order chi connectivity index (χ0) is 7.82. The first-order chi connectivity index (χ1) is 4.81. The summed E-state index contributed by atoms with van der Waals surface area (Å²) in [5, 5.41) is 11.3. The van der Waals surface area contributed by atoms with E-state index in [2.05, 4.69) is 18.3 Å². The Morgan fingerprint density at radius 1 is 1.70 bits per heavy atom. The fourth-order valence-electron chi connectivity index (χ4n) is 0.576. The zero-order valence-corrected chi connectivity index (χ0v) is 6.43. The van der Waals surface area contributed by atoms with Gasteiger partial charge in [-0.05, 0) is 19.0 Å². The van der Waals surface area contributed by atoms with Gasteiger partial charge in [0.15, 0.2) is 0 Å². The molecule has 0 saturated carbocycles. The topological polar surface area (TPSA) is 61.8 Å². The summed E-state index contributed by atoms with van der Waals surface area (Å²) in [4.78, 5) is 0. The minimum absolute atomic E-state index is 0.513. The molecule has 0 fully saturated rings. The van der Waals surface area contributed by atoms with Gasteiger partial charge in [-0.1, -0.05) is 6.92 Å². The zero-order valence-electron chi connectivity index (χ0n) is 6.43. The lowest BCUT2D eigenvalue weighted by molar-refractivity contribution is 0.527. The van der Waals surface area contributed by atoms with Gasteiger partial charge >= 0.3 is 0 Å². The van der Waals surface area contributed by atoms with Crippen LogP contribution in [0.3, 0.4) is 0 Å². The van der Waals surface area contributed by atoms with E-state index in [1.807, 2.05) is 0 Å². The minimum atomic E-state index is 0.513. The smallest absolute Gasteiger partial charge is 0.0635 e. The van der Waals surface area contributed by atoms with Gasteiger partial charge in [-0.15, -0.1) is 0 Å². The summed E-state index contributed by atoms with van der Waals surface area (Å²) in [6, 6.07) is 2.07. The molecule has 0 aromatic heterocycles. The highest BCUT2D eigenvalue weighted by Gasteiger charge is 1.95. The van der Waals surface area contributed by atoms with Crippen molar-refractivity contribution < 1.29 is 0 Å². The van der Waals surface area contributed by atoms with Crippen LogP contribution >= 0.6 is 0 Å². The molecular formula is C7H15N3. The number of nitrogens with zero attached hydrogens (tertiary/aromatic N) is 1. The van der Waals surface area contributed by atoms with Crippen LogP contribution in [0.2, 0.25) is 0 Å². The number of hydrogen-bond acceptors (Lipinski definition) is 3. The molecule has 0 amide bonds. The molecule has 3 nitrogen and oxygen atoms in total. The van der Waals surface area contributed by atoms with Crippen molar-refractivity contribution in [2.75, 3.05) is 19.6 Å². The average molecular weight is 141 g/mol. The van der Waals surface area contributed by atoms with Crippen molar-refractivity contribution in [1.82, 2.24) is 5.32 Å². The summed E-state index contributed by atoms with van der Waals surface area (Å²) in [5.41, 5.74) is 5.38. The minimum Gasteiger partial charge on any atom is -0.330 e. The second kappa shape index (κ2) is 6.53. The maximum absolute atomic E-state index is 8.17. The van der Waals surface area contributed by atoms with Crippen LogP contribution in [0.5, 0.6) is 0 Å². The SMILES string of the molecule is CC(CN)CNCCC#N. The molecule has 0 aliphatic carbocycles. The molecule has 1 atom stereocenters. The molecule has 0 spiro atoms. The van der Waals surface area contributed by atoms with Crippen LogP contribution in [-0.2, 0) is 0 Å². The van der Waals surface area contributed by atoms with Crippen LogP contribution in [0.4, 0.5) is 0 Å². The molecule has 58 valence electrons. The van der Waals surface area contributed by atoms with Crippen LogP contribution < -0.4 is 11.1 Å². The van der Waals surface area contributed by atoms with Gasteiger partial charge in [-0.25, -0.2) is 0 Å². The van der Waals surface area contributed by atoms with Crippen molar-refractivity contribution in [2.45, 2.75) is 13.3 Å². The predicted octanol–water partition coefficient (Wildman–Crippen LogP) is 0.0845. The third kappa shape index (κ3) is 5.54. The van der Waals surface area contributed by atoms with Gasteiger partial charge < -0.3 is 11.1 Å². The summed E-state index contributed by atoms with van der Waals surface area (Å²) in [5.74, 6) is 0.513. The largest absolute Gasteiger partial charge is 0.330 e. The van der Waals surface area contributed by atoms with Gasteiger partial charge in [0.05, 0.1) is 6.07 Å². The highest BCUT2D eigenvalue weighted by Crippen LogP contribution is 1.86. The fraction of sp³-hybridized carbons (Fsp3) is 0.857. The molecule has 10 heavy (non-hydrogen) atoms. The van der Waals surface area contributed by atoms with E-state index in [1.54, 1.807) is 0 Å². The van der Waals surface area contributed by atoms with Crippen molar-refractivity contribution in [3.63, 3.8) is 0 Å². The predicted molar refractivity (Wildman–Crippen MR) is 41.3 cm³/mol. The van der Waals surface area contributed by atoms with Crippen molar-refractivity contribution >= 4 is 0 Å². The third-order valence-electron chi connectivity index (χ3n) is 1.31. The normalized spacial score (nSPS) is 12.5. The summed E-state index contributed by atoms with van der Waals surface area (Å²) in [6.45, 7) is 4.48. The Morgan fingerprint density at radius 3 is 2.90 bits per heavy atom. The van der Waals surface area contributed by atoms with E-state index in [4.69, 9.17) is 11.0 Å².